The molecule has 3 aromatic heterocycles. The van der Waals surface area contributed by atoms with E-state index in [1.807, 2.05) is 10.9 Å². The minimum absolute atomic E-state index is 0. The average molecular weight is 638 g/mol. The standard InChI is InChI=1S/2C9H12N2O2.C5H6N2O2.C4H7Br.CH4/c1-13-9(12)8-4-5-11(10-8)6-7-2-3-7;1-13-9(12)8-4-5-10-11(8)6-7-2-3-7;1-9-5(8)4-2-3-6-7-4;5-3-4-1-2-4;/h2*4-5,7H,2-3,6H2,1H3;2-3H,1H3,(H,6,7);4H,1-3H2;1H4. The van der Waals surface area contributed by atoms with Crippen LogP contribution in [-0.4, -0.2) is 74.3 Å². The number of hydrogen-bond donors (Lipinski definition) is 1. The first-order valence-electron chi connectivity index (χ1n) is 13.2. The minimum atomic E-state index is -0.396. The first kappa shape index (κ1) is 33.7. The van der Waals surface area contributed by atoms with Gasteiger partial charge in [0.05, 0.1) is 21.3 Å². The Hall–Kier alpha value is -3.48. The average Bonchev–Trinajstić information content (AvgIpc) is 3.95. The minimum Gasteiger partial charge on any atom is -0.464 e. The van der Waals surface area contributed by atoms with Gasteiger partial charge in [-0.3, -0.25) is 14.5 Å². The molecule has 0 aromatic carbocycles. The Bertz CT molecular complexity index is 1200. The second-order valence-electron chi connectivity index (χ2n) is 9.75. The highest BCUT2D eigenvalue weighted by molar-refractivity contribution is 9.09. The molecule has 6 rings (SSSR count). The van der Waals surface area contributed by atoms with Crippen molar-refractivity contribution in [3.63, 3.8) is 0 Å². The molecule has 226 valence electrons. The van der Waals surface area contributed by atoms with E-state index in [4.69, 9.17) is 0 Å². The lowest BCUT2D eigenvalue weighted by atomic mass is 10.4. The summed E-state index contributed by atoms with van der Waals surface area (Å²) in [5.41, 5.74) is 1.31. The molecule has 3 aliphatic carbocycles. The number of halogens is 1. The zero-order valence-electron chi connectivity index (χ0n) is 23.1. The van der Waals surface area contributed by atoms with Crippen molar-refractivity contribution < 1.29 is 28.6 Å². The van der Waals surface area contributed by atoms with Crippen LogP contribution in [0, 0.1) is 17.8 Å². The van der Waals surface area contributed by atoms with E-state index in [0.29, 0.717) is 23.0 Å². The van der Waals surface area contributed by atoms with Crippen molar-refractivity contribution in [2.45, 2.75) is 59.0 Å². The van der Waals surface area contributed by atoms with E-state index in [-0.39, 0.29) is 19.4 Å². The van der Waals surface area contributed by atoms with Crippen molar-refractivity contribution in [2.75, 3.05) is 26.7 Å². The summed E-state index contributed by atoms with van der Waals surface area (Å²) >= 11 is 3.38. The third-order valence-corrected chi connectivity index (χ3v) is 7.15. The molecule has 3 heterocycles. The van der Waals surface area contributed by atoms with Crippen molar-refractivity contribution >= 4 is 33.8 Å². The Kier molecular flexibility index (Phi) is 14.3. The van der Waals surface area contributed by atoms with Gasteiger partial charge in [0.25, 0.3) is 0 Å². The number of carbonyl (C=O) groups excluding carboxylic acids is 3. The lowest BCUT2D eigenvalue weighted by Gasteiger charge is -2.03. The number of alkyl halides is 1. The summed E-state index contributed by atoms with van der Waals surface area (Å²) in [4.78, 5) is 32.8. The summed E-state index contributed by atoms with van der Waals surface area (Å²) in [5.74, 6) is 1.46. The lowest BCUT2D eigenvalue weighted by molar-refractivity contribution is 0.0579. The van der Waals surface area contributed by atoms with Crippen LogP contribution < -0.4 is 0 Å². The Labute approximate surface area is 249 Å². The van der Waals surface area contributed by atoms with E-state index < -0.39 is 5.97 Å². The number of H-pyrrole nitrogens is 1. The van der Waals surface area contributed by atoms with E-state index in [9.17, 15) is 14.4 Å². The summed E-state index contributed by atoms with van der Waals surface area (Å²) in [7, 11) is 4.07. The Morgan fingerprint density at radius 1 is 0.854 bits per heavy atom. The van der Waals surface area contributed by atoms with Gasteiger partial charge in [0, 0.05) is 37.0 Å². The maximum absolute atomic E-state index is 11.2. The highest BCUT2D eigenvalue weighted by Gasteiger charge is 2.24. The number of rotatable bonds is 8. The predicted molar refractivity (Wildman–Crippen MR) is 156 cm³/mol. The molecule has 3 saturated carbocycles. The van der Waals surface area contributed by atoms with Crippen LogP contribution in [0.15, 0.2) is 36.8 Å². The smallest absolute Gasteiger partial charge is 0.358 e. The van der Waals surface area contributed by atoms with E-state index in [1.165, 1.54) is 71.4 Å². The highest BCUT2D eigenvalue weighted by atomic mass is 79.9. The fraction of sp³-hybridized carbons (Fsp3) is 0.571. The number of ether oxygens (including phenoxy) is 3. The fourth-order valence-corrected chi connectivity index (χ4v) is 3.94. The molecular formula is C28H41BrN6O6. The van der Waals surface area contributed by atoms with Gasteiger partial charge in [-0.1, -0.05) is 23.4 Å². The van der Waals surface area contributed by atoms with Crippen molar-refractivity contribution in [2.24, 2.45) is 17.8 Å². The van der Waals surface area contributed by atoms with Crippen molar-refractivity contribution in [1.82, 2.24) is 29.8 Å². The van der Waals surface area contributed by atoms with Gasteiger partial charge in [-0.15, -0.1) is 0 Å². The summed E-state index contributed by atoms with van der Waals surface area (Å²) in [5, 5.41) is 15.4. The van der Waals surface area contributed by atoms with Crippen LogP contribution in [0.4, 0.5) is 0 Å². The number of aromatic amines is 1. The summed E-state index contributed by atoms with van der Waals surface area (Å²) < 4.78 is 17.1. The molecule has 1 N–H and O–H groups in total. The fourth-order valence-electron chi connectivity index (χ4n) is 3.29. The largest absolute Gasteiger partial charge is 0.464 e. The molecule has 13 heteroatoms. The second-order valence-corrected chi connectivity index (χ2v) is 10.4. The molecular weight excluding hydrogens is 596 g/mol. The molecule has 0 radical (unpaired) electrons. The Balaban J connectivity index is 0.000000199. The zero-order chi connectivity index (χ0) is 28.9. The van der Waals surface area contributed by atoms with Crippen molar-refractivity contribution in [1.29, 1.82) is 0 Å². The normalized spacial score (nSPS) is 14.8. The van der Waals surface area contributed by atoms with Crippen molar-refractivity contribution in [3.8, 4) is 0 Å². The van der Waals surface area contributed by atoms with Crippen LogP contribution in [0.1, 0.15) is 77.4 Å². The van der Waals surface area contributed by atoms with Gasteiger partial charge in [0.2, 0.25) is 0 Å². The van der Waals surface area contributed by atoms with Crippen LogP contribution in [0.5, 0.6) is 0 Å². The lowest BCUT2D eigenvalue weighted by Crippen LogP contribution is -2.12. The number of esters is 3. The van der Waals surface area contributed by atoms with Gasteiger partial charge in [0.15, 0.2) is 5.69 Å². The van der Waals surface area contributed by atoms with Crippen LogP contribution in [-0.2, 0) is 27.3 Å². The molecule has 0 aliphatic heterocycles. The number of aromatic nitrogens is 6. The molecule has 3 aliphatic rings. The van der Waals surface area contributed by atoms with Crippen LogP contribution in [0.3, 0.4) is 0 Å². The van der Waals surface area contributed by atoms with E-state index in [0.717, 1.165) is 24.9 Å². The quantitative estimate of drug-likeness (QED) is 0.210. The SMILES string of the molecule is BrCC1CC1.C.COC(=O)c1ccn(CC2CC2)n1.COC(=O)c1ccn[nH]1.COC(=O)c1ccnn1CC1CC1. The molecule has 0 unspecified atom stereocenters. The van der Waals surface area contributed by atoms with E-state index in [1.54, 1.807) is 29.1 Å². The maximum atomic E-state index is 11.2. The molecule has 3 aromatic rings. The zero-order valence-corrected chi connectivity index (χ0v) is 24.7. The topological polar surface area (TPSA) is 143 Å². The maximum Gasteiger partial charge on any atom is 0.358 e. The number of nitrogens with zero attached hydrogens (tertiary/aromatic N) is 5. The number of methoxy groups -OCH3 is 3. The second kappa shape index (κ2) is 17.4. The Morgan fingerprint density at radius 2 is 1.46 bits per heavy atom. The molecule has 0 spiro atoms. The molecule has 12 nitrogen and oxygen atoms in total. The summed E-state index contributed by atoms with van der Waals surface area (Å²) in [6.07, 6.45) is 12.9. The van der Waals surface area contributed by atoms with Gasteiger partial charge in [-0.25, -0.2) is 14.4 Å². The summed E-state index contributed by atoms with van der Waals surface area (Å²) in [6, 6.07) is 4.92. The first-order valence-corrected chi connectivity index (χ1v) is 14.4. The number of hydrogen-bond acceptors (Lipinski definition) is 9. The van der Waals surface area contributed by atoms with E-state index >= 15 is 0 Å². The van der Waals surface area contributed by atoms with Gasteiger partial charge in [-0.05, 0) is 74.5 Å². The third kappa shape index (κ3) is 12.3. The van der Waals surface area contributed by atoms with Crippen molar-refractivity contribution in [3.05, 3.63) is 53.9 Å². The molecule has 3 fully saturated rings. The molecule has 41 heavy (non-hydrogen) atoms. The Morgan fingerprint density at radius 3 is 1.95 bits per heavy atom. The number of nitrogens with one attached hydrogen (secondary N) is 1. The van der Waals surface area contributed by atoms with Crippen LogP contribution in [0.2, 0.25) is 0 Å². The molecule has 0 bridgehead atoms. The first-order chi connectivity index (χ1) is 19.4. The summed E-state index contributed by atoms with van der Waals surface area (Å²) in [6.45, 7) is 1.77. The van der Waals surface area contributed by atoms with Gasteiger partial charge < -0.3 is 14.2 Å². The monoisotopic (exact) mass is 636 g/mol. The molecule has 0 saturated heterocycles. The van der Waals surface area contributed by atoms with Crippen LogP contribution >= 0.6 is 15.9 Å². The predicted octanol–water partition coefficient (Wildman–Crippen LogP) is 4.78. The molecule has 0 amide bonds. The third-order valence-electron chi connectivity index (χ3n) is 6.24. The van der Waals surface area contributed by atoms with E-state index in [2.05, 4.69) is 50.5 Å². The van der Waals surface area contributed by atoms with Gasteiger partial charge in [0.1, 0.15) is 11.4 Å². The highest BCUT2D eigenvalue weighted by Crippen LogP contribution is 2.31. The van der Waals surface area contributed by atoms with Gasteiger partial charge >= 0.3 is 17.9 Å². The van der Waals surface area contributed by atoms with Gasteiger partial charge in [-0.2, -0.15) is 15.3 Å². The van der Waals surface area contributed by atoms with Crippen LogP contribution in [0.25, 0.3) is 0 Å². The number of carbonyl (C=O) groups is 3. The molecule has 0 atom stereocenters.